The maximum absolute atomic E-state index is 8.54. The maximum Gasteiger partial charge on any atom is 0.185 e. The highest BCUT2D eigenvalue weighted by atomic mass is 32.2. The summed E-state index contributed by atoms with van der Waals surface area (Å²) in [5.41, 5.74) is 0. The van der Waals surface area contributed by atoms with Crippen molar-refractivity contribution in [3.05, 3.63) is 6.33 Å². The molecule has 0 radical (unpaired) electrons. The fourth-order valence-electron chi connectivity index (χ4n) is 0.794. The normalized spacial score (nSPS) is 10.5. The molecule has 0 bridgehead atoms. The van der Waals surface area contributed by atoms with E-state index >= 15 is 0 Å². The van der Waals surface area contributed by atoms with Gasteiger partial charge < -0.3 is 5.11 Å². The van der Waals surface area contributed by atoms with Crippen LogP contribution in [0.5, 0.6) is 0 Å². The van der Waals surface area contributed by atoms with Gasteiger partial charge in [-0.25, -0.2) is 9.67 Å². The number of aliphatic hydroxyl groups is 1. The van der Waals surface area contributed by atoms with E-state index in [2.05, 4.69) is 10.1 Å². The van der Waals surface area contributed by atoms with Crippen molar-refractivity contribution in [3.8, 4) is 0 Å². The predicted octanol–water partition coefficient (Wildman–Crippen LogP) is 0.680. The van der Waals surface area contributed by atoms with E-state index in [1.54, 1.807) is 22.8 Å². The lowest BCUT2D eigenvalue weighted by molar-refractivity contribution is 0.287. The Morgan fingerprint density at radius 2 is 2.42 bits per heavy atom. The average molecular weight is 187 g/mol. The molecule has 1 aromatic heterocycles. The molecule has 0 unspecified atom stereocenters. The summed E-state index contributed by atoms with van der Waals surface area (Å²) in [5.74, 6) is 0.993. The standard InChI is InChI=1S/C7H13N3OS/c1-10-7(8-6-9-10)12-5-3-2-4-11/h6,11H,2-5H2,1H3. The van der Waals surface area contributed by atoms with Crippen LogP contribution in [0.2, 0.25) is 0 Å². The van der Waals surface area contributed by atoms with Gasteiger partial charge in [0.25, 0.3) is 0 Å². The lowest BCUT2D eigenvalue weighted by Crippen LogP contribution is -1.94. The molecule has 1 aromatic rings. The molecule has 0 aliphatic heterocycles. The van der Waals surface area contributed by atoms with Crippen LogP contribution >= 0.6 is 11.8 Å². The third-order valence-corrected chi connectivity index (χ3v) is 2.57. The van der Waals surface area contributed by atoms with Crippen LogP contribution in [0.4, 0.5) is 0 Å². The SMILES string of the molecule is Cn1ncnc1SCCCCO. The van der Waals surface area contributed by atoms with Crippen LogP contribution in [0.3, 0.4) is 0 Å². The maximum atomic E-state index is 8.54. The Labute approximate surface area is 76.0 Å². The van der Waals surface area contributed by atoms with Gasteiger partial charge in [-0.3, -0.25) is 0 Å². The van der Waals surface area contributed by atoms with Gasteiger partial charge in [-0.05, 0) is 12.8 Å². The molecule has 1 N–H and O–H groups in total. The molecule has 0 aliphatic carbocycles. The highest BCUT2D eigenvalue weighted by molar-refractivity contribution is 7.99. The van der Waals surface area contributed by atoms with E-state index in [0.29, 0.717) is 0 Å². The second-order valence-electron chi connectivity index (χ2n) is 2.45. The van der Waals surface area contributed by atoms with Crippen LogP contribution in [-0.4, -0.2) is 32.2 Å². The topological polar surface area (TPSA) is 50.9 Å². The molecule has 12 heavy (non-hydrogen) atoms. The van der Waals surface area contributed by atoms with Crippen molar-refractivity contribution in [3.63, 3.8) is 0 Å². The van der Waals surface area contributed by atoms with E-state index in [0.717, 1.165) is 23.8 Å². The van der Waals surface area contributed by atoms with Crippen molar-refractivity contribution in [2.24, 2.45) is 7.05 Å². The molecular formula is C7H13N3OS. The molecule has 0 saturated carbocycles. The second-order valence-corrected chi connectivity index (χ2v) is 3.51. The smallest absolute Gasteiger partial charge is 0.185 e. The molecule has 0 amide bonds. The Balaban J connectivity index is 2.20. The molecule has 68 valence electrons. The van der Waals surface area contributed by atoms with E-state index in [4.69, 9.17) is 5.11 Å². The zero-order valence-corrected chi connectivity index (χ0v) is 7.92. The minimum atomic E-state index is 0.277. The summed E-state index contributed by atoms with van der Waals surface area (Å²) in [6.45, 7) is 0.277. The van der Waals surface area contributed by atoms with Crippen LogP contribution in [0, 0.1) is 0 Å². The van der Waals surface area contributed by atoms with Gasteiger partial charge in [0.1, 0.15) is 6.33 Å². The lowest BCUT2D eigenvalue weighted by atomic mass is 10.4. The van der Waals surface area contributed by atoms with Gasteiger partial charge in [-0.1, -0.05) is 11.8 Å². The van der Waals surface area contributed by atoms with Crippen molar-refractivity contribution >= 4 is 11.8 Å². The Bertz CT molecular complexity index is 226. The number of thioether (sulfide) groups is 1. The Hall–Kier alpha value is -0.550. The third kappa shape index (κ3) is 2.83. The summed E-state index contributed by atoms with van der Waals surface area (Å²) in [6.07, 6.45) is 3.44. The lowest BCUT2D eigenvalue weighted by Gasteiger charge is -1.98. The van der Waals surface area contributed by atoms with Gasteiger partial charge in [0.2, 0.25) is 0 Å². The van der Waals surface area contributed by atoms with Crippen LogP contribution in [0.15, 0.2) is 11.5 Å². The number of aliphatic hydroxyl groups excluding tert-OH is 1. The number of nitrogens with zero attached hydrogens (tertiary/aromatic N) is 3. The fraction of sp³-hybridized carbons (Fsp3) is 0.714. The molecule has 0 atom stereocenters. The second kappa shape index (κ2) is 5.16. The third-order valence-electron chi connectivity index (χ3n) is 1.45. The Morgan fingerprint density at radius 1 is 1.58 bits per heavy atom. The van der Waals surface area contributed by atoms with Gasteiger partial charge in [-0.2, -0.15) is 5.10 Å². The minimum absolute atomic E-state index is 0.277. The first kappa shape index (κ1) is 9.54. The molecule has 0 aromatic carbocycles. The highest BCUT2D eigenvalue weighted by Crippen LogP contribution is 2.14. The quantitative estimate of drug-likeness (QED) is 0.544. The van der Waals surface area contributed by atoms with Gasteiger partial charge in [0.15, 0.2) is 5.16 Å². The van der Waals surface area contributed by atoms with E-state index in [1.165, 1.54) is 0 Å². The van der Waals surface area contributed by atoms with E-state index in [1.807, 2.05) is 7.05 Å². The zero-order chi connectivity index (χ0) is 8.81. The summed E-state index contributed by atoms with van der Waals surface area (Å²) in [4.78, 5) is 4.07. The van der Waals surface area contributed by atoms with Crippen molar-refractivity contribution in [2.75, 3.05) is 12.4 Å². The van der Waals surface area contributed by atoms with Crippen molar-refractivity contribution < 1.29 is 5.11 Å². The number of hydrogen-bond acceptors (Lipinski definition) is 4. The minimum Gasteiger partial charge on any atom is -0.396 e. The van der Waals surface area contributed by atoms with Crippen molar-refractivity contribution in [1.82, 2.24) is 14.8 Å². The largest absolute Gasteiger partial charge is 0.396 e. The summed E-state index contributed by atoms with van der Waals surface area (Å²) >= 11 is 1.67. The van der Waals surface area contributed by atoms with Crippen LogP contribution in [0.1, 0.15) is 12.8 Å². The fourth-order valence-corrected chi connectivity index (χ4v) is 1.68. The van der Waals surface area contributed by atoms with Gasteiger partial charge in [0.05, 0.1) is 0 Å². The van der Waals surface area contributed by atoms with Gasteiger partial charge in [-0.15, -0.1) is 0 Å². The molecule has 0 fully saturated rings. The first-order chi connectivity index (χ1) is 5.84. The van der Waals surface area contributed by atoms with E-state index < -0.39 is 0 Å². The highest BCUT2D eigenvalue weighted by Gasteiger charge is 1.99. The first-order valence-electron chi connectivity index (χ1n) is 3.92. The Morgan fingerprint density at radius 3 is 3.00 bits per heavy atom. The molecule has 0 aliphatic rings. The average Bonchev–Trinajstić information content (AvgIpc) is 2.46. The monoisotopic (exact) mass is 187 g/mol. The van der Waals surface area contributed by atoms with Crippen LogP contribution in [-0.2, 0) is 7.05 Å². The summed E-state index contributed by atoms with van der Waals surface area (Å²) in [7, 11) is 1.88. The van der Waals surface area contributed by atoms with Crippen LogP contribution in [0.25, 0.3) is 0 Å². The molecule has 5 heteroatoms. The summed E-state index contributed by atoms with van der Waals surface area (Å²) in [6, 6.07) is 0. The van der Waals surface area contributed by atoms with E-state index in [-0.39, 0.29) is 6.61 Å². The van der Waals surface area contributed by atoms with Crippen LogP contribution < -0.4 is 0 Å². The number of aryl methyl sites for hydroxylation is 1. The van der Waals surface area contributed by atoms with Gasteiger partial charge >= 0.3 is 0 Å². The number of hydrogen-bond donors (Lipinski definition) is 1. The zero-order valence-electron chi connectivity index (χ0n) is 7.10. The molecular weight excluding hydrogens is 174 g/mol. The first-order valence-corrected chi connectivity index (χ1v) is 4.91. The van der Waals surface area contributed by atoms with E-state index in [9.17, 15) is 0 Å². The van der Waals surface area contributed by atoms with Gasteiger partial charge in [0, 0.05) is 19.4 Å². The molecule has 0 saturated heterocycles. The van der Waals surface area contributed by atoms with Crippen molar-refractivity contribution in [2.45, 2.75) is 18.0 Å². The molecule has 1 rings (SSSR count). The molecule has 1 heterocycles. The van der Waals surface area contributed by atoms with Crippen molar-refractivity contribution in [1.29, 1.82) is 0 Å². The Kier molecular flexibility index (Phi) is 4.10. The molecule has 0 spiro atoms. The number of unbranched alkanes of at least 4 members (excludes halogenated alkanes) is 1. The summed E-state index contributed by atoms with van der Waals surface area (Å²) < 4.78 is 1.75. The predicted molar refractivity (Wildman–Crippen MR) is 48.0 cm³/mol. The number of rotatable bonds is 5. The number of aromatic nitrogens is 3. The summed E-state index contributed by atoms with van der Waals surface area (Å²) in [5, 5.41) is 13.4. The molecule has 4 nitrogen and oxygen atoms in total.